The van der Waals surface area contributed by atoms with E-state index in [1.165, 1.54) is 12.3 Å². The maximum absolute atomic E-state index is 10.5. The average molecular weight is 192 g/mol. The summed E-state index contributed by atoms with van der Waals surface area (Å²) < 4.78 is 5.09. The summed E-state index contributed by atoms with van der Waals surface area (Å²) in [5.41, 5.74) is 0. The molecule has 0 unspecified atom stereocenters. The van der Waals surface area contributed by atoms with Crippen LogP contribution in [-0.4, -0.2) is 16.5 Å². The minimum absolute atomic E-state index is 0.146. The average Bonchev–Trinajstić information content (AvgIpc) is 2.19. The van der Waals surface area contributed by atoms with E-state index in [0.29, 0.717) is 6.42 Å². The van der Waals surface area contributed by atoms with Gasteiger partial charge < -0.3 is 14.9 Å². The Kier molecular flexibility index (Phi) is 3.44. The van der Waals surface area contributed by atoms with Crippen LogP contribution in [0, 0.1) is 22.5 Å². The summed E-state index contributed by atoms with van der Waals surface area (Å²) in [5.74, 6) is 2.23. The van der Waals surface area contributed by atoms with Gasteiger partial charge in [0.15, 0.2) is 0 Å². The molecule has 14 heavy (non-hydrogen) atoms. The molecule has 0 fully saturated rings. The number of hydrogen-bond acceptors (Lipinski definition) is 4. The van der Waals surface area contributed by atoms with Crippen LogP contribution >= 0.6 is 0 Å². The Labute approximate surface area is 80.9 Å². The van der Waals surface area contributed by atoms with Gasteiger partial charge >= 0.3 is 5.82 Å². The van der Waals surface area contributed by atoms with E-state index in [1.54, 1.807) is 6.07 Å². The molecule has 0 bridgehead atoms. The molecule has 1 aromatic rings. The summed E-state index contributed by atoms with van der Waals surface area (Å²) in [6.07, 6.45) is 6.76. The molecule has 0 atom stereocenters. The number of rotatable bonds is 4. The highest BCUT2D eigenvalue weighted by Gasteiger charge is 2.14. The van der Waals surface area contributed by atoms with Gasteiger partial charge in [-0.15, -0.1) is 12.3 Å². The smallest absolute Gasteiger partial charge is 0.406 e. The van der Waals surface area contributed by atoms with E-state index >= 15 is 0 Å². The van der Waals surface area contributed by atoms with Crippen molar-refractivity contribution in [2.24, 2.45) is 0 Å². The van der Waals surface area contributed by atoms with Gasteiger partial charge in [0.05, 0.1) is 6.61 Å². The summed E-state index contributed by atoms with van der Waals surface area (Å²) in [6.45, 7) is 0.253. The molecule has 0 aromatic carbocycles. The molecule has 0 saturated carbocycles. The second-order valence-corrected chi connectivity index (χ2v) is 2.38. The zero-order valence-corrected chi connectivity index (χ0v) is 7.34. The topological polar surface area (TPSA) is 65.3 Å². The zero-order valence-electron chi connectivity index (χ0n) is 7.34. The first-order valence-electron chi connectivity index (χ1n) is 3.91. The number of hydrogen-bond donors (Lipinski definition) is 0. The van der Waals surface area contributed by atoms with Crippen molar-refractivity contribution in [3.05, 3.63) is 28.4 Å². The molecule has 5 nitrogen and oxygen atoms in total. The van der Waals surface area contributed by atoms with E-state index in [0.717, 1.165) is 0 Å². The van der Waals surface area contributed by atoms with Crippen molar-refractivity contribution in [3.8, 4) is 18.1 Å². The molecule has 1 rings (SSSR count). The van der Waals surface area contributed by atoms with Crippen LogP contribution in [0.5, 0.6) is 5.75 Å². The first-order chi connectivity index (χ1) is 6.75. The summed E-state index contributed by atoms with van der Waals surface area (Å²) in [6, 6.07) is 3.06. The van der Waals surface area contributed by atoms with Crippen molar-refractivity contribution >= 4 is 5.82 Å². The van der Waals surface area contributed by atoms with E-state index in [1.807, 2.05) is 0 Å². The van der Waals surface area contributed by atoms with Crippen LogP contribution in [0.15, 0.2) is 18.3 Å². The lowest BCUT2D eigenvalue weighted by atomic mass is 10.4. The monoisotopic (exact) mass is 192 g/mol. The number of nitrogens with zero attached hydrogens (tertiary/aromatic N) is 2. The van der Waals surface area contributed by atoms with Gasteiger partial charge in [-0.3, -0.25) is 0 Å². The second kappa shape index (κ2) is 4.82. The lowest BCUT2D eigenvalue weighted by Crippen LogP contribution is -2.00. The molecular formula is C9H8N2O3. The Balaban J connectivity index is 2.75. The third kappa shape index (κ3) is 2.45. The molecule has 5 heteroatoms. The Morgan fingerprint density at radius 3 is 3.14 bits per heavy atom. The largest absolute Gasteiger partial charge is 0.485 e. The minimum Gasteiger partial charge on any atom is -0.485 e. The summed E-state index contributed by atoms with van der Waals surface area (Å²) >= 11 is 0. The zero-order chi connectivity index (χ0) is 10.4. The molecule has 1 aromatic heterocycles. The van der Waals surface area contributed by atoms with Gasteiger partial charge in [0.2, 0.25) is 5.75 Å². The highest BCUT2D eigenvalue weighted by molar-refractivity contribution is 5.38. The fourth-order valence-electron chi connectivity index (χ4n) is 0.852. The summed E-state index contributed by atoms with van der Waals surface area (Å²) in [7, 11) is 0. The first kappa shape index (κ1) is 9.99. The van der Waals surface area contributed by atoms with Crippen LogP contribution in [0.2, 0.25) is 0 Å². The van der Waals surface area contributed by atoms with Crippen LogP contribution < -0.4 is 4.74 Å². The number of nitro groups is 1. The van der Waals surface area contributed by atoms with Crippen LogP contribution in [0.3, 0.4) is 0 Å². The maximum Gasteiger partial charge on any atom is 0.406 e. The predicted octanol–water partition coefficient (Wildman–Crippen LogP) is 1.39. The molecular weight excluding hydrogens is 184 g/mol. The van der Waals surface area contributed by atoms with Crippen molar-refractivity contribution < 1.29 is 9.66 Å². The SMILES string of the molecule is C#CCCOc1cccnc1[N+](=O)[O-]. The number of ether oxygens (including phenoxy) is 1. The fraction of sp³-hybridized carbons (Fsp3) is 0.222. The van der Waals surface area contributed by atoms with Crippen molar-refractivity contribution in [2.75, 3.05) is 6.61 Å². The molecule has 0 spiro atoms. The van der Waals surface area contributed by atoms with Crippen molar-refractivity contribution in [3.63, 3.8) is 0 Å². The quantitative estimate of drug-likeness (QED) is 0.313. The molecule has 0 N–H and O–H groups in total. The molecule has 72 valence electrons. The van der Waals surface area contributed by atoms with Crippen molar-refractivity contribution in [1.29, 1.82) is 0 Å². The van der Waals surface area contributed by atoms with Crippen molar-refractivity contribution in [2.45, 2.75) is 6.42 Å². The molecule has 1 heterocycles. The van der Waals surface area contributed by atoms with Gasteiger partial charge in [-0.25, -0.2) is 0 Å². The van der Waals surface area contributed by atoms with Gasteiger partial charge in [0.25, 0.3) is 0 Å². The first-order valence-corrected chi connectivity index (χ1v) is 3.91. The lowest BCUT2D eigenvalue weighted by molar-refractivity contribution is -0.390. The fourth-order valence-corrected chi connectivity index (χ4v) is 0.852. The van der Waals surface area contributed by atoms with E-state index in [-0.39, 0.29) is 18.2 Å². The van der Waals surface area contributed by atoms with E-state index in [9.17, 15) is 10.1 Å². The Hall–Kier alpha value is -2.09. The van der Waals surface area contributed by atoms with Gasteiger partial charge in [-0.1, -0.05) is 0 Å². The van der Waals surface area contributed by atoms with E-state index < -0.39 is 4.92 Å². The van der Waals surface area contributed by atoms with E-state index in [2.05, 4.69) is 10.9 Å². The highest BCUT2D eigenvalue weighted by Crippen LogP contribution is 2.22. The normalized spacial score (nSPS) is 9.07. The standard InChI is InChI=1S/C9H8N2O3/c1-2-3-7-14-8-5-4-6-10-9(8)11(12)13/h1,4-6H,3,7H2. The second-order valence-electron chi connectivity index (χ2n) is 2.38. The highest BCUT2D eigenvalue weighted by atomic mass is 16.6. The summed E-state index contributed by atoms with van der Waals surface area (Å²) in [4.78, 5) is 13.5. The molecule has 0 saturated heterocycles. The minimum atomic E-state index is -0.592. The lowest BCUT2D eigenvalue weighted by Gasteiger charge is -2.02. The van der Waals surface area contributed by atoms with Crippen LogP contribution in [-0.2, 0) is 0 Å². The van der Waals surface area contributed by atoms with Crippen LogP contribution in [0.1, 0.15) is 6.42 Å². The number of pyridine rings is 1. The third-order valence-corrected chi connectivity index (χ3v) is 1.43. The van der Waals surface area contributed by atoms with E-state index in [4.69, 9.17) is 11.2 Å². The predicted molar refractivity (Wildman–Crippen MR) is 49.8 cm³/mol. The number of terminal acetylenes is 1. The maximum atomic E-state index is 10.5. The summed E-state index contributed by atoms with van der Waals surface area (Å²) in [5, 5.41) is 10.5. The molecule has 0 aliphatic rings. The molecule has 0 aliphatic heterocycles. The number of aromatic nitrogens is 1. The van der Waals surface area contributed by atoms with Gasteiger partial charge in [-0.05, 0) is 22.0 Å². The van der Waals surface area contributed by atoms with Crippen LogP contribution in [0.25, 0.3) is 0 Å². The molecule has 0 aliphatic carbocycles. The van der Waals surface area contributed by atoms with Gasteiger partial charge in [0, 0.05) is 6.42 Å². The van der Waals surface area contributed by atoms with Gasteiger partial charge in [0.1, 0.15) is 6.20 Å². The molecule has 0 amide bonds. The molecule has 0 radical (unpaired) electrons. The third-order valence-electron chi connectivity index (χ3n) is 1.43. The Morgan fingerprint density at radius 1 is 1.71 bits per heavy atom. The van der Waals surface area contributed by atoms with Gasteiger partial charge in [-0.2, -0.15) is 0 Å². The Morgan fingerprint density at radius 2 is 2.50 bits per heavy atom. The van der Waals surface area contributed by atoms with Crippen LogP contribution in [0.4, 0.5) is 5.82 Å². The van der Waals surface area contributed by atoms with Crippen molar-refractivity contribution in [1.82, 2.24) is 4.98 Å². The Bertz CT molecular complexity index is 371.